The summed E-state index contributed by atoms with van der Waals surface area (Å²) in [5.41, 5.74) is 8.02. The Morgan fingerprint density at radius 3 is 2.61 bits per heavy atom. The number of halogens is 1. The van der Waals surface area contributed by atoms with Gasteiger partial charge in [0.25, 0.3) is 0 Å². The van der Waals surface area contributed by atoms with Gasteiger partial charge >= 0.3 is 0 Å². The molecule has 0 aromatic heterocycles. The lowest BCUT2D eigenvalue weighted by Gasteiger charge is -2.14. The second-order valence-corrected chi connectivity index (χ2v) is 4.48. The molecule has 0 amide bonds. The molecule has 1 atom stereocenters. The van der Waals surface area contributed by atoms with Crippen molar-refractivity contribution in [2.24, 2.45) is 0 Å². The minimum atomic E-state index is -0.579. The van der Waals surface area contributed by atoms with E-state index in [0.29, 0.717) is 17.3 Å². The topological polar surface area (TPSA) is 58.3 Å². The summed E-state index contributed by atoms with van der Waals surface area (Å²) in [6.45, 7) is 0.383. The van der Waals surface area contributed by atoms with Gasteiger partial charge in [0.05, 0.1) is 17.5 Å². The van der Waals surface area contributed by atoms with E-state index in [9.17, 15) is 5.11 Å². The summed E-state index contributed by atoms with van der Waals surface area (Å²) in [6.07, 6.45) is -0.579. The highest BCUT2D eigenvalue weighted by molar-refractivity contribution is 6.31. The van der Waals surface area contributed by atoms with E-state index in [-0.39, 0.29) is 0 Å². The minimum Gasteiger partial charge on any atom is -0.397 e. The standard InChI is InChI=1S/C14H15ClN2O/c15-11-6-7-12(16)13(8-11)17-9-14(18)10-4-2-1-3-5-10/h1-8,14,17-18H,9,16H2. The summed E-state index contributed by atoms with van der Waals surface area (Å²) in [5, 5.41) is 13.7. The fourth-order valence-electron chi connectivity index (χ4n) is 1.68. The molecule has 2 rings (SSSR count). The fourth-order valence-corrected chi connectivity index (χ4v) is 1.85. The number of nitrogens with one attached hydrogen (secondary N) is 1. The van der Waals surface area contributed by atoms with Crippen LogP contribution in [0.5, 0.6) is 0 Å². The quantitative estimate of drug-likeness (QED) is 0.742. The Balaban J connectivity index is 2.01. The third-order valence-corrected chi connectivity index (χ3v) is 2.92. The number of aliphatic hydroxyl groups excluding tert-OH is 1. The predicted octanol–water partition coefficient (Wildman–Crippen LogP) is 3.07. The van der Waals surface area contributed by atoms with Crippen molar-refractivity contribution in [1.82, 2.24) is 0 Å². The van der Waals surface area contributed by atoms with Crippen molar-refractivity contribution in [3.8, 4) is 0 Å². The number of nitrogens with two attached hydrogens (primary N) is 1. The molecular weight excluding hydrogens is 248 g/mol. The highest BCUT2D eigenvalue weighted by Gasteiger charge is 2.07. The van der Waals surface area contributed by atoms with Crippen LogP contribution in [-0.2, 0) is 0 Å². The summed E-state index contributed by atoms with van der Waals surface area (Å²) in [5.74, 6) is 0. The zero-order valence-electron chi connectivity index (χ0n) is 9.81. The molecule has 2 aromatic rings. The van der Waals surface area contributed by atoms with Crippen molar-refractivity contribution >= 4 is 23.0 Å². The van der Waals surface area contributed by atoms with E-state index in [1.807, 2.05) is 30.3 Å². The number of hydrogen-bond donors (Lipinski definition) is 3. The van der Waals surface area contributed by atoms with Crippen LogP contribution in [0.2, 0.25) is 5.02 Å². The Hall–Kier alpha value is -1.71. The van der Waals surface area contributed by atoms with Crippen LogP contribution in [0, 0.1) is 0 Å². The molecule has 18 heavy (non-hydrogen) atoms. The molecule has 2 aromatic carbocycles. The Labute approximate surface area is 111 Å². The molecule has 4 heteroatoms. The zero-order valence-corrected chi connectivity index (χ0v) is 10.6. The molecular formula is C14H15ClN2O. The van der Waals surface area contributed by atoms with Gasteiger partial charge in [0.2, 0.25) is 0 Å². The van der Waals surface area contributed by atoms with Crippen LogP contribution in [0.1, 0.15) is 11.7 Å². The van der Waals surface area contributed by atoms with Gasteiger partial charge in [0, 0.05) is 11.6 Å². The molecule has 0 aliphatic carbocycles. The van der Waals surface area contributed by atoms with Crippen molar-refractivity contribution in [3.63, 3.8) is 0 Å². The van der Waals surface area contributed by atoms with Gasteiger partial charge in [0.15, 0.2) is 0 Å². The molecule has 0 saturated heterocycles. The molecule has 0 bridgehead atoms. The van der Waals surface area contributed by atoms with Crippen LogP contribution in [0.15, 0.2) is 48.5 Å². The Bertz CT molecular complexity index is 516. The third-order valence-electron chi connectivity index (χ3n) is 2.69. The number of rotatable bonds is 4. The second-order valence-electron chi connectivity index (χ2n) is 4.04. The highest BCUT2D eigenvalue weighted by Crippen LogP contribution is 2.23. The molecule has 0 fully saturated rings. The van der Waals surface area contributed by atoms with Gasteiger partial charge in [-0.3, -0.25) is 0 Å². The number of hydrogen-bond acceptors (Lipinski definition) is 3. The van der Waals surface area contributed by atoms with E-state index in [0.717, 1.165) is 11.3 Å². The minimum absolute atomic E-state index is 0.383. The van der Waals surface area contributed by atoms with Crippen molar-refractivity contribution in [2.45, 2.75) is 6.10 Å². The van der Waals surface area contributed by atoms with E-state index in [1.165, 1.54) is 0 Å². The van der Waals surface area contributed by atoms with Gasteiger partial charge in [-0.15, -0.1) is 0 Å². The van der Waals surface area contributed by atoms with Crippen LogP contribution >= 0.6 is 11.6 Å². The summed E-state index contributed by atoms with van der Waals surface area (Å²) in [6, 6.07) is 14.7. The molecule has 0 saturated carbocycles. The zero-order chi connectivity index (χ0) is 13.0. The van der Waals surface area contributed by atoms with Crippen LogP contribution < -0.4 is 11.1 Å². The van der Waals surface area contributed by atoms with Gasteiger partial charge in [-0.05, 0) is 23.8 Å². The van der Waals surface area contributed by atoms with E-state index in [1.54, 1.807) is 18.2 Å². The largest absolute Gasteiger partial charge is 0.397 e. The molecule has 1 unspecified atom stereocenters. The lowest BCUT2D eigenvalue weighted by atomic mass is 10.1. The molecule has 4 N–H and O–H groups in total. The highest BCUT2D eigenvalue weighted by atomic mass is 35.5. The predicted molar refractivity (Wildman–Crippen MR) is 75.8 cm³/mol. The summed E-state index contributed by atoms with van der Waals surface area (Å²) in [4.78, 5) is 0. The van der Waals surface area contributed by atoms with Gasteiger partial charge < -0.3 is 16.2 Å². The van der Waals surface area contributed by atoms with Crippen LogP contribution in [0.3, 0.4) is 0 Å². The smallest absolute Gasteiger partial charge is 0.0962 e. The summed E-state index contributed by atoms with van der Waals surface area (Å²) in [7, 11) is 0. The maximum atomic E-state index is 10.0. The molecule has 0 spiro atoms. The van der Waals surface area contributed by atoms with Crippen LogP contribution in [-0.4, -0.2) is 11.7 Å². The molecule has 0 aliphatic rings. The Morgan fingerprint density at radius 2 is 1.89 bits per heavy atom. The fraction of sp³-hybridized carbons (Fsp3) is 0.143. The first kappa shape index (κ1) is 12.7. The molecule has 0 aliphatic heterocycles. The molecule has 0 radical (unpaired) electrons. The third kappa shape index (κ3) is 3.15. The van der Waals surface area contributed by atoms with Crippen molar-refractivity contribution in [3.05, 3.63) is 59.1 Å². The average molecular weight is 263 g/mol. The van der Waals surface area contributed by atoms with E-state index in [2.05, 4.69) is 5.32 Å². The SMILES string of the molecule is Nc1ccc(Cl)cc1NCC(O)c1ccccc1. The van der Waals surface area contributed by atoms with Crippen LogP contribution in [0.25, 0.3) is 0 Å². The van der Waals surface area contributed by atoms with Crippen molar-refractivity contribution in [1.29, 1.82) is 0 Å². The first-order valence-corrected chi connectivity index (χ1v) is 6.06. The number of nitrogen functional groups attached to an aromatic ring is 1. The van der Waals surface area contributed by atoms with Gasteiger partial charge in [-0.2, -0.15) is 0 Å². The van der Waals surface area contributed by atoms with Gasteiger partial charge in [0.1, 0.15) is 0 Å². The first-order chi connectivity index (χ1) is 8.66. The molecule has 3 nitrogen and oxygen atoms in total. The average Bonchev–Trinajstić information content (AvgIpc) is 2.40. The molecule has 0 heterocycles. The second kappa shape index (κ2) is 5.76. The van der Waals surface area contributed by atoms with E-state index >= 15 is 0 Å². The van der Waals surface area contributed by atoms with E-state index in [4.69, 9.17) is 17.3 Å². The molecule has 94 valence electrons. The van der Waals surface area contributed by atoms with Crippen LogP contribution in [0.4, 0.5) is 11.4 Å². The maximum absolute atomic E-state index is 10.0. The number of aliphatic hydroxyl groups is 1. The van der Waals surface area contributed by atoms with Gasteiger partial charge in [-0.25, -0.2) is 0 Å². The Kier molecular flexibility index (Phi) is 4.07. The summed E-state index contributed by atoms with van der Waals surface area (Å²) < 4.78 is 0. The normalized spacial score (nSPS) is 12.1. The first-order valence-electron chi connectivity index (χ1n) is 5.69. The number of benzene rings is 2. The lowest BCUT2D eigenvalue weighted by molar-refractivity contribution is 0.191. The van der Waals surface area contributed by atoms with Crippen molar-refractivity contribution in [2.75, 3.05) is 17.6 Å². The number of anilines is 2. The van der Waals surface area contributed by atoms with Crippen molar-refractivity contribution < 1.29 is 5.11 Å². The lowest BCUT2D eigenvalue weighted by Crippen LogP contribution is -2.13. The Morgan fingerprint density at radius 1 is 1.17 bits per heavy atom. The summed E-state index contributed by atoms with van der Waals surface area (Å²) >= 11 is 5.89. The van der Waals surface area contributed by atoms with Gasteiger partial charge in [-0.1, -0.05) is 41.9 Å². The maximum Gasteiger partial charge on any atom is 0.0962 e. The van der Waals surface area contributed by atoms with E-state index < -0.39 is 6.10 Å². The monoisotopic (exact) mass is 262 g/mol.